The number of nitrogens with one attached hydrogen (secondary N) is 3. The zero-order chi connectivity index (χ0) is 53.0. The maximum atomic E-state index is 13.3. The molecule has 11 N–H and O–H groups in total. The maximum absolute atomic E-state index is 13.3. The second-order valence-electron chi connectivity index (χ2n) is 16.5. The van der Waals surface area contributed by atoms with E-state index in [9.17, 15) is 93.3 Å². The summed E-state index contributed by atoms with van der Waals surface area (Å²) in [5.41, 5.74) is 0. The van der Waals surface area contributed by atoms with Gasteiger partial charge in [-0.15, -0.1) is 0 Å². The number of aliphatic carboxylic acids is 8. The Kier molecular flexibility index (Phi) is 22.3. The number of nitrogens with zero attached hydrogens (tertiary/aromatic N) is 7. The summed E-state index contributed by atoms with van der Waals surface area (Å²) in [5, 5.41) is 81.2. The second-order valence-corrected chi connectivity index (χ2v) is 16.5. The zero-order valence-electron chi connectivity index (χ0n) is 38.5. The molecular weight excluding hydrogens is 940 g/mol. The first-order chi connectivity index (χ1) is 32.6. The van der Waals surface area contributed by atoms with E-state index in [-0.39, 0.29) is 43.4 Å². The molecular formula is C40H59N10O20+3. The average Bonchev–Trinajstić information content (AvgIpc) is 3.75. The minimum absolute atomic E-state index is 0.0219. The summed E-state index contributed by atoms with van der Waals surface area (Å²) in [6.45, 7) is -4.15. The van der Waals surface area contributed by atoms with Gasteiger partial charge in [0.1, 0.15) is 69.1 Å². The van der Waals surface area contributed by atoms with Crippen LogP contribution in [0.2, 0.25) is 0 Å². The van der Waals surface area contributed by atoms with E-state index in [1.807, 2.05) is 10.6 Å². The molecule has 3 unspecified atom stereocenters. The van der Waals surface area contributed by atoms with E-state index in [2.05, 4.69) is 5.32 Å². The Morgan fingerprint density at radius 1 is 0.543 bits per heavy atom. The summed E-state index contributed by atoms with van der Waals surface area (Å²) < 4.78 is 6.30. The van der Waals surface area contributed by atoms with E-state index in [1.165, 1.54) is 21.5 Å². The van der Waals surface area contributed by atoms with Gasteiger partial charge >= 0.3 is 65.4 Å². The van der Waals surface area contributed by atoms with Crippen molar-refractivity contribution in [2.24, 2.45) is 14.1 Å². The van der Waals surface area contributed by atoms with Gasteiger partial charge < -0.3 is 71.1 Å². The van der Waals surface area contributed by atoms with Crippen molar-refractivity contribution in [3.63, 3.8) is 0 Å². The molecule has 70 heavy (non-hydrogen) atoms. The molecule has 0 aliphatic rings. The fourth-order valence-electron chi connectivity index (χ4n) is 7.09. The van der Waals surface area contributed by atoms with E-state index in [0.29, 0.717) is 21.4 Å². The summed E-state index contributed by atoms with van der Waals surface area (Å²) in [5.74, 6) is -13.4. The number of aromatic nitrogens is 4. The smallest absolute Gasteiger partial charge is 0.326 e. The number of carboxylic acids is 8. The average molecular weight is 1000 g/mol. The molecule has 0 aliphatic carbocycles. The summed E-state index contributed by atoms with van der Waals surface area (Å²) >= 11 is 0. The predicted octanol–water partition coefficient (Wildman–Crippen LogP) is -4.33. The first-order valence-corrected chi connectivity index (χ1v) is 21.2. The quantitative estimate of drug-likeness (QED) is 0.0183. The number of hydrogen-bond donors (Lipinski definition) is 11. The molecule has 3 atom stereocenters. The van der Waals surface area contributed by atoms with Crippen LogP contribution in [-0.4, -0.2) is 194 Å². The van der Waals surface area contributed by atoms with Gasteiger partial charge in [0.2, 0.25) is 5.91 Å². The fraction of sp³-hybridized carbons (Fsp3) is 0.550. The van der Waals surface area contributed by atoms with Crippen molar-refractivity contribution in [3.05, 3.63) is 36.4 Å². The van der Waals surface area contributed by atoms with Crippen LogP contribution in [0.4, 0.5) is 4.79 Å². The van der Waals surface area contributed by atoms with E-state index in [0.717, 1.165) is 0 Å². The van der Waals surface area contributed by atoms with Crippen LogP contribution < -0.4 is 25.1 Å². The van der Waals surface area contributed by atoms with E-state index in [4.69, 9.17) is 5.11 Å². The third-order valence-corrected chi connectivity index (χ3v) is 10.7. The van der Waals surface area contributed by atoms with Gasteiger partial charge in [-0.05, 0) is 32.1 Å². The number of carboxylic acid groups (broad SMARTS) is 8. The van der Waals surface area contributed by atoms with Gasteiger partial charge in [-0.2, -0.15) is 0 Å². The number of rotatable bonds is 33. The molecule has 0 saturated carbocycles. The van der Waals surface area contributed by atoms with Gasteiger partial charge in [0.05, 0.1) is 27.7 Å². The van der Waals surface area contributed by atoms with Crippen molar-refractivity contribution in [3.8, 4) is 0 Å². The third-order valence-electron chi connectivity index (χ3n) is 10.7. The molecule has 386 valence electrons. The summed E-state index contributed by atoms with van der Waals surface area (Å²) in [7, 11) is 5.08. The summed E-state index contributed by atoms with van der Waals surface area (Å²) in [6, 6.07) is -6.19. The van der Waals surface area contributed by atoms with Crippen molar-refractivity contribution < 1.29 is 112 Å². The molecule has 5 amide bonds. The molecule has 2 aromatic heterocycles. The van der Waals surface area contributed by atoms with Crippen molar-refractivity contribution >= 4 is 71.5 Å². The van der Waals surface area contributed by atoms with Crippen LogP contribution in [0.25, 0.3) is 0 Å². The molecule has 2 aromatic rings. The lowest BCUT2D eigenvalue weighted by atomic mass is 10.1. The summed E-state index contributed by atoms with van der Waals surface area (Å²) in [4.78, 5) is 145. The van der Waals surface area contributed by atoms with Gasteiger partial charge in [-0.3, -0.25) is 38.4 Å². The number of carbonyl (C=O) groups excluding carboxylic acids is 4. The Balaban J connectivity index is 2.36. The number of aryl methyl sites for hydroxylation is 2. The molecule has 30 heteroatoms. The van der Waals surface area contributed by atoms with Crippen molar-refractivity contribution in [1.82, 2.24) is 34.9 Å². The first-order valence-electron chi connectivity index (χ1n) is 21.2. The third kappa shape index (κ3) is 20.0. The lowest BCUT2D eigenvalue weighted by Crippen LogP contribution is -2.51. The van der Waals surface area contributed by atoms with Gasteiger partial charge in [-0.25, -0.2) is 37.4 Å². The molecule has 0 radical (unpaired) electrons. The summed E-state index contributed by atoms with van der Waals surface area (Å²) in [6.07, 6.45) is 4.16. The molecule has 0 fully saturated rings. The van der Waals surface area contributed by atoms with Crippen LogP contribution in [-0.2, 0) is 93.0 Å². The minimum Gasteiger partial charge on any atom is -0.481 e. The van der Waals surface area contributed by atoms with Crippen molar-refractivity contribution in [2.75, 3.05) is 39.8 Å². The van der Waals surface area contributed by atoms with Crippen LogP contribution in [0.3, 0.4) is 0 Å². The molecule has 0 saturated heterocycles. The van der Waals surface area contributed by atoms with E-state index in [1.54, 1.807) is 42.7 Å². The Labute approximate surface area is 397 Å². The molecule has 2 rings (SSSR count). The van der Waals surface area contributed by atoms with Crippen LogP contribution in [0.5, 0.6) is 0 Å². The standard InChI is InChI=1S/C40H56N10O20/c1-44-11-13-46(16-30(52)48(18-33(56)57)19-34(58)59)28(44)22-50(3,23-29-45(2)12-14-47(29)17-31(53)49(20-35(60)61)21-36(62)63)15-5-4-6-24(37(64)65)41-27(51)9-7-25(38(66)67)42-40(70)43-26(39(68)69)8-10-32(54)55/h11-14,24-26H,4-10,15-23H2,1-3H3,(H8-3,41,42,43,51,54,55,56,57,58,59,60,61,62,63,64,65,66,67,68,69,70)/p+3. The molecule has 0 spiro atoms. The van der Waals surface area contributed by atoms with E-state index >= 15 is 0 Å². The highest BCUT2D eigenvalue weighted by Gasteiger charge is 2.37. The van der Waals surface area contributed by atoms with Gasteiger partial charge in [0.15, 0.2) is 26.2 Å². The first kappa shape index (κ1) is 57.9. The predicted molar refractivity (Wildman–Crippen MR) is 227 cm³/mol. The second kappa shape index (κ2) is 27.0. The zero-order valence-corrected chi connectivity index (χ0v) is 38.5. The van der Waals surface area contributed by atoms with Crippen molar-refractivity contribution in [1.29, 1.82) is 0 Å². The Hall–Kier alpha value is -8.18. The van der Waals surface area contributed by atoms with Crippen LogP contribution >= 0.6 is 0 Å². The molecule has 0 aliphatic heterocycles. The number of amides is 5. The fourth-order valence-corrected chi connectivity index (χ4v) is 7.09. The Morgan fingerprint density at radius 3 is 1.27 bits per heavy atom. The van der Waals surface area contributed by atoms with Crippen molar-refractivity contribution in [2.45, 2.75) is 89.3 Å². The molecule has 2 heterocycles. The molecule has 0 bridgehead atoms. The van der Waals surface area contributed by atoms with E-state index < -0.39 is 155 Å². The number of carbonyl (C=O) groups is 12. The van der Waals surface area contributed by atoms with Gasteiger partial charge in [0, 0.05) is 12.8 Å². The topological polar surface area (TPSA) is 427 Å². The number of imidazole rings is 2. The van der Waals surface area contributed by atoms with Crippen LogP contribution in [0.1, 0.15) is 56.6 Å². The highest BCUT2D eigenvalue weighted by molar-refractivity contribution is 5.88. The minimum atomic E-state index is -1.75. The highest BCUT2D eigenvalue weighted by Crippen LogP contribution is 2.19. The lowest BCUT2D eigenvalue weighted by molar-refractivity contribution is -0.951. The Bertz CT molecular complexity index is 2160. The molecule has 30 nitrogen and oxygen atoms in total. The number of hydrogen-bond acceptors (Lipinski definition) is 12. The number of urea groups is 1. The largest absolute Gasteiger partial charge is 0.481 e. The Morgan fingerprint density at radius 2 is 0.914 bits per heavy atom. The number of quaternary nitrogens is 1. The number of unbranched alkanes of at least 4 members (excludes halogenated alkanes) is 1. The van der Waals surface area contributed by atoms with Crippen LogP contribution in [0, 0.1) is 0 Å². The SMILES string of the molecule is C[n+]1ccn(CC(=O)N(CC(=O)O)CC(=O)O)c1C[N+](C)(CCCCC(NC(=O)CCC(NC(=O)NC(CCC(=O)O)C(=O)O)C(=O)O)C(=O)O)Cc1n(CC(=O)N(CC(=O)O)CC(=O)O)cc[n+]1C. The monoisotopic (exact) mass is 999 g/mol. The molecule has 0 aromatic carbocycles. The normalized spacial score (nSPS) is 12.4. The maximum Gasteiger partial charge on any atom is 0.326 e. The van der Waals surface area contributed by atoms with Gasteiger partial charge in [0.25, 0.3) is 11.8 Å². The van der Waals surface area contributed by atoms with Crippen LogP contribution in [0.15, 0.2) is 24.8 Å². The lowest BCUT2D eigenvalue weighted by Gasteiger charge is -2.32. The van der Waals surface area contributed by atoms with Gasteiger partial charge in [-0.1, -0.05) is 0 Å². The highest BCUT2D eigenvalue weighted by atomic mass is 16.4.